The molecule has 0 aliphatic carbocycles. The van der Waals surface area contributed by atoms with Crippen LogP contribution in [-0.4, -0.2) is 8.42 Å². The summed E-state index contributed by atoms with van der Waals surface area (Å²) in [4.78, 5) is 1.92. The van der Waals surface area contributed by atoms with Gasteiger partial charge in [-0.25, -0.2) is 8.42 Å². The molecule has 1 aromatic rings. The summed E-state index contributed by atoms with van der Waals surface area (Å²) in [7, 11) is -3.55. The van der Waals surface area contributed by atoms with Gasteiger partial charge in [0.15, 0.2) is 0 Å². The largest absolute Gasteiger partial charge is 0.257 e. The molecular weight excluding hydrogens is 256 g/mol. The number of aryl methyl sites for hydroxylation is 1. The molecule has 3 N–H and O–H groups in total. The zero-order valence-electron chi connectivity index (χ0n) is 6.91. The van der Waals surface area contributed by atoms with Gasteiger partial charge in [0.25, 0.3) is 10.0 Å². The van der Waals surface area contributed by atoms with E-state index in [1.807, 2.05) is 6.07 Å². The Hall–Kier alpha value is -0.430. The molecule has 0 aliphatic rings. The SMILES string of the molecule is Cc1cc(Br)cc(S(=O)(=O)NN)c1. The highest BCUT2D eigenvalue weighted by molar-refractivity contribution is 9.10. The number of hydrazine groups is 1. The second kappa shape index (κ2) is 3.75. The molecule has 0 heterocycles. The van der Waals surface area contributed by atoms with E-state index in [9.17, 15) is 8.42 Å². The van der Waals surface area contributed by atoms with Gasteiger partial charge in [0.2, 0.25) is 0 Å². The Morgan fingerprint density at radius 2 is 2.00 bits per heavy atom. The second-order valence-electron chi connectivity index (χ2n) is 2.59. The first kappa shape index (κ1) is 10.6. The Bertz CT molecular complexity index is 396. The van der Waals surface area contributed by atoms with Crippen molar-refractivity contribution in [2.45, 2.75) is 11.8 Å². The molecule has 4 nitrogen and oxygen atoms in total. The Morgan fingerprint density at radius 1 is 1.38 bits per heavy atom. The van der Waals surface area contributed by atoms with Crippen molar-refractivity contribution in [2.75, 3.05) is 0 Å². The van der Waals surface area contributed by atoms with Crippen molar-refractivity contribution in [2.24, 2.45) is 5.84 Å². The minimum Gasteiger partial charge on any atom is -0.257 e. The number of sulfonamides is 1. The second-order valence-corrected chi connectivity index (χ2v) is 5.22. The van der Waals surface area contributed by atoms with Crippen LogP contribution in [0, 0.1) is 6.92 Å². The maximum atomic E-state index is 11.2. The first-order chi connectivity index (χ1) is 5.95. The molecular formula is C7H9BrN2O2S. The van der Waals surface area contributed by atoms with Gasteiger partial charge in [-0.05, 0) is 30.7 Å². The molecule has 0 saturated carbocycles. The molecule has 0 fully saturated rings. The smallest absolute Gasteiger partial charge is 0.253 e. The maximum absolute atomic E-state index is 11.2. The molecule has 1 aromatic carbocycles. The van der Waals surface area contributed by atoms with Crippen LogP contribution in [0.2, 0.25) is 0 Å². The van der Waals surface area contributed by atoms with Crippen LogP contribution in [0.5, 0.6) is 0 Å². The van der Waals surface area contributed by atoms with Crippen LogP contribution in [0.3, 0.4) is 0 Å². The number of rotatable bonds is 2. The van der Waals surface area contributed by atoms with Crippen LogP contribution < -0.4 is 10.7 Å². The number of benzene rings is 1. The van der Waals surface area contributed by atoms with Gasteiger partial charge in [0.1, 0.15) is 0 Å². The molecule has 13 heavy (non-hydrogen) atoms. The van der Waals surface area contributed by atoms with Crippen LogP contribution in [0.25, 0.3) is 0 Å². The topological polar surface area (TPSA) is 72.2 Å². The fraction of sp³-hybridized carbons (Fsp3) is 0.143. The van der Waals surface area contributed by atoms with Gasteiger partial charge in [-0.1, -0.05) is 15.9 Å². The number of nitrogens with two attached hydrogens (primary N) is 1. The molecule has 72 valence electrons. The van der Waals surface area contributed by atoms with Crippen molar-refractivity contribution >= 4 is 26.0 Å². The summed E-state index contributed by atoms with van der Waals surface area (Å²) in [5.41, 5.74) is 0.850. The van der Waals surface area contributed by atoms with E-state index in [4.69, 9.17) is 5.84 Å². The zero-order chi connectivity index (χ0) is 10.1. The molecule has 1 rings (SSSR count). The summed E-state index contributed by atoms with van der Waals surface area (Å²) >= 11 is 3.20. The van der Waals surface area contributed by atoms with Gasteiger partial charge >= 0.3 is 0 Å². The minimum absolute atomic E-state index is 0.155. The molecule has 0 atom stereocenters. The third kappa shape index (κ3) is 2.50. The van der Waals surface area contributed by atoms with E-state index in [1.165, 1.54) is 6.07 Å². The maximum Gasteiger partial charge on any atom is 0.253 e. The van der Waals surface area contributed by atoms with Gasteiger partial charge in [-0.15, -0.1) is 0 Å². The fourth-order valence-electron chi connectivity index (χ4n) is 0.926. The number of hydrogen-bond donors (Lipinski definition) is 2. The van der Waals surface area contributed by atoms with Crippen molar-refractivity contribution in [1.29, 1.82) is 0 Å². The van der Waals surface area contributed by atoms with Crippen LogP contribution in [0.1, 0.15) is 5.56 Å². The van der Waals surface area contributed by atoms with E-state index in [1.54, 1.807) is 17.8 Å². The summed E-state index contributed by atoms with van der Waals surface area (Å²) in [5.74, 6) is 4.89. The highest BCUT2D eigenvalue weighted by Gasteiger charge is 2.12. The summed E-state index contributed by atoms with van der Waals surface area (Å²) in [5, 5.41) is 0. The Balaban J connectivity index is 3.32. The van der Waals surface area contributed by atoms with Gasteiger partial charge < -0.3 is 0 Å². The first-order valence-corrected chi connectivity index (χ1v) is 5.73. The molecule has 0 saturated heterocycles. The molecule has 0 radical (unpaired) electrons. The lowest BCUT2D eigenvalue weighted by atomic mass is 10.2. The van der Waals surface area contributed by atoms with Crippen molar-refractivity contribution in [1.82, 2.24) is 4.83 Å². The number of hydrogen-bond acceptors (Lipinski definition) is 3. The lowest BCUT2D eigenvalue weighted by molar-refractivity contribution is 0.584. The average molecular weight is 265 g/mol. The monoisotopic (exact) mass is 264 g/mol. The normalized spacial score (nSPS) is 11.6. The van der Waals surface area contributed by atoms with E-state index in [2.05, 4.69) is 15.9 Å². The molecule has 0 aromatic heterocycles. The summed E-state index contributed by atoms with van der Waals surface area (Å²) < 4.78 is 23.2. The molecule has 0 aliphatic heterocycles. The van der Waals surface area contributed by atoms with Crippen LogP contribution >= 0.6 is 15.9 Å². The van der Waals surface area contributed by atoms with E-state index < -0.39 is 10.0 Å². The molecule has 0 unspecified atom stereocenters. The van der Waals surface area contributed by atoms with Crippen molar-refractivity contribution in [3.05, 3.63) is 28.2 Å². The highest BCUT2D eigenvalue weighted by Crippen LogP contribution is 2.18. The van der Waals surface area contributed by atoms with Crippen LogP contribution in [0.4, 0.5) is 0 Å². The standard InChI is InChI=1S/C7H9BrN2O2S/c1-5-2-6(8)4-7(3-5)13(11,12)10-9/h2-4,10H,9H2,1H3. The Morgan fingerprint density at radius 3 is 2.46 bits per heavy atom. The number of halogens is 1. The van der Waals surface area contributed by atoms with E-state index >= 15 is 0 Å². The summed E-state index contributed by atoms with van der Waals surface area (Å²) in [6.07, 6.45) is 0. The molecule has 0 bridgehead atoms. The van der Waals surface area contributed by atoms with Crippen LogP contribution in [0.15, 0.2) is 27.6 Å². The third-order valence-electron chi connectivity index (χ3n) is 1.48. The summed E-state index contributed by atoms with van der Waals surface area (Å²) in [6.45, 7) is 1.81. The van der Waals surface area contributed by atoms with Gasteiger partial charge in [0, 0.05) is 4.47 Å². The van der Waals surface area contributed by atoms with Crippen molar-refractivity contribution in [3.8, 4) is 0 Å². The van der Waals surface area contributed by atoms with Crippen molar-refractivity contribution in [3.63, 3.8) is 0 Å². The Labute approximate surface area is 85.3 Å². The minimum atomic E-state index is -3.55. The lowest BCUT2D eigenvalue weighted by Gasteiger charge is -2.03. The molecule has 0 amide bonds. The predicted octanol–water partition coefficient (Wildman–Crippen LogP) is 0.910. The third-order valence-corrected chi connectivity index (χ3v) is 3.11. The molecule has 6 heteroatoms. The zero-order valence-corrected chi connectivity index (χ0v) is 9.31. The Kier molecular flexibility index (Phi) is 3.07. The van der Waals surface area contributed by atoms with E-state index in [0.29, 0.717) is 4.47 Å². The van der Waals surface area contributed by atoms with Gasteiger partial charge in [-0.2, -0.15) is 4.83 Å². The molecule has 0 spiro atoms. The van der Waals surface area contributed by atoms with Crippen LogP contribution in [-0.2, 0) is 10.0 Å². The quantitative estimate of drug-likeness (QED) is 0.616. The van der Waals surface area contributed by atoms with Gasteiger partial charge in [-0.3, -0.25) is 5.84 Å². The fourth-order valence-corrected chi connectivity index (χ4v) is 2.44. The lowest BCUT2D eigenvalue weighted by Crippen LogP contribution is -2.30. The summed E-state index contributed by atoms with van der Waals surface area (Å²) in [6, 6.07) is 4.84. The van der Waals surface area contributed by atoms with E-state index in [-0.39, 0.29) is 4.90 Å². The highest BCUT2D eigenvalue weighted by atomic mass is 79.9. The van der Waals surface area contributed by atoms with Gasteiger partial charge in [0.05, 0.1) is 4.90 Å². The van der Waals surface area contributed by atoms with E-state index in [0.717, 1.165) is 5.56 Å². The first-order valence-electron chi connectivity index (χ1n) is 3.45. The predicted molar refractivity (Wildman–Crippen MR) is 53.4 cm³/mol. The number of nitrogens with one attached hydrogen (secondary N) is 1. The average Bonchev–Trinajstić information content (AvgIpc) is 2.02. The van der Waals surface area contributed by atoms with Crippen molar-refractivity contribution < 1.29 is 8.42 Å².